The Morgan fingerprint density at radius 3 is 1.42 bits per heavy atom. The molecular formula is C81H101Cl3F3KN16O15. The van der Waals surface area contributed by atoms with Gasteiger partial charge >= 0.3 is 62.8 Å². The van der Waals surface area contributed by atoms with Crippen molar-refractivity contribution in [2.24, 2.45) is 0 Å². The third-order valence-corrected chi connectivity index (χ3v) is 18.0. The number of anilines is 3. The zero-order valence-electron chi connectivity index (χ0n) is 66.1. The van der Waals surface area contributed by atoms with E-state index < -0.39 is 38.6 Å². The van der Waals surface area contributed by atoms with Crippen LogP contribution in [0.5, 0.6) is 17.2 Å². The third-order valence-electron chi connectivity index (χ3n) is 17.2. The van der Waals surface area contributed by atoms with E-state index in [1.807, 2.05) is 24.3 Å². The van der Waals surface area contributed by atoms with E-state index in [0.29, 0.717) is 103 Å². The minimum Gasteiger partial charge on any atom is -0.850 e. The predicted octanol–water partition coefficient (Wildman–Crippen LogP) is 9.27. The number of ether oxygens (including phenoxy) is 7. The van der Waals surface area contributed by atoms with Gasteiger partial charge in [0.1, 0.15) is 11.6 Å². The molecule has 0 radical (unpaired) electrons. The average Bonchev–Trinajstić information content (AvgIpc) is 0.781. The molecule has 4 aliphatic rings. The first-order chi connectivity index (χ1) is 56.4. The Labute approximate surface area is 747 Å². The van der Waals surface area contributed by atoms with Gasteiger partial charge < -0.3 is 64.8 Å². The summed E-state index contributed by atoms with van der Waals surface area (Å²) in [7, 11) is 0. The Kier molecular flexibility index (Phi) is 44.4. The van der Waals surface area contributed by atoms with Crippen molar-refractivity contribution in [2.45, 2.75) is 59.5 Å². The number of nitrogens with two attached hydrogens (primary N) is 1. The molecule has 12 heterocycles. The maximum absolute atomic E-state index is 14.6. The fourth-order valence-corrected chi connectivity index (χ4v) is 12.0. The number of nitrogens with zero attached hydrogens (tertiary/aromatic N) is 14. The number of aliphatic hydroxyl groups excluding tert-OH is 1. The van der Waals surface area contributed by atoms with Gasteiger partial charge in [-0.05, 0) is 111 Å². The van der Waals surface area contributed by atoms with Crippen molar-refractivity contribution < 1.29 is 129 Å². The fourth-order valence-electron chi connectivity index (χ4n) is 11.4. The summed E-state index contributed by atoms with van der Waals surface area (Å²) in [6.07, 6.45) is 17.0. The van der Waals surface area contributed by atoms with Crippen molar-refractivity contribution in [3.8, 4) is 39.8 Å². The van der Waals surface area contributed by atoms with Crippen LogP contribution in [0.3, 0.4) is 0 Å². The van der Waals surface area contributed by atoms with Crippen LogP contribution in [-0.4, -0.2) is 228 Å². The SMILES string of the molecule is C.CC(C)(C)[O-].Fc1ccc(Cl)cc1-c1cc(Cl)c2cccnc2n1.Fc1ccc(Cl)cc1-c1cc(Nc2ccncc2OCCCN2CCOCC2)c2cccnc2n1.Nc1ccncc1OCCCN1CCOCC1.O=[N+]([O-])c1cc[n+]([O-])cc1F.O=[N+]([O-])c1cc[n+]([O-])cc1OCCCN1CCOCC1.OCCCN1CCOCC1.[HH].[K+]. The van der Waals surface area contributed by atoms with E-state index in [4.69, 9.17) is 78.8 Å². The van der Waals surface area contributed by atoms with Gasteiger partial charge in [-0.15, -0.1) is 5.60 Å². The van der Waals surface area contributed by atoms with Crippen LogP contribution in [0, 0.1) is 48.1 Å². The second-order valence-electron chi connectivity index (χ2n) is 27.2. The largest absolute Gasteiger partial charge is 1.00 e. The Bertz CT molecular complexity index is 4740. The molecule has 10 aromatic rings. The summed E-state index contributed by atoms with van der Waals surface area (Å²) in [6, 6.07) is 25.0. The minimum atomic E-state index is -1.13. The summed E-state index contributed by atoms with van der Waals surface area (Å²) in [5.41, 5.74) is 8.66. The summed E-state index contributed by atoms with van der Waals surface area (Å²) in [5.74, 6) is -0.616. The minimum absolute atomic E-state index is 0. The van der Waals surface area contributed by atoms with Gasteiger partial charge in [0.05, 0.1) is 141 Å². The molecule has 4 saturated heterocycles. The van der Waals surface area contributed by atoms with E-state index in [9.17, 15) is 48.9 Å². The molecule has 119 heavy (non-hydrogen) atoms. The molecule has 4 aliphatic heterocycles. The molecule has 14 rings (SSSR count). The summed E-state index contributed by atoms with van der Waals surface area (Å²) in [4.78, 5) is 54.3. The smallest absolute Gasteiger partial charge is 0.850 e. The molecule has 4 fully saturated rings. The van der Waals surface area contributed by atoms with Crippen molar-refractivity contribution in [3.05, 3.63) is 222 Å². The van der Waals surface area contributed by atoms with Crippen LogP contribution < -0.4 is 91.2 Å². The van der Waals surface area contributed by atoms with Crippen molar-refractivity contribution in [1.82, 2.24) is 49.5 Å². The maximum Gasteiger partial charge on any atom is 1.00 e. The van der Waals surface area contributed by atoms with E-state index in [1.54, 1.807) is 88.3 Å². The van der Waals surface area contributed by atoms with Crippen LogP contribution in [0.4, 0.5) is 41.6 Å². The monoisotopic (exact) mass is 1740 g/mol. The third kappa shape index (κ3) is 35.6. The molecule has 8 aromatic heterocycles. The molecule has 0 spiro atoms. The number of fused-ring (bicyclic) bond motifs is 2. The van der Waals surface area contributed by atoms with Gasteiger partial charge in [-0.25, -0.2) is 28.7 Å². The molecule has 0 unspecified atom stereocenters. The molecule has 4 N–H and O–H groups in total. The van der Waals surface area contributed by atoms with E-state index in [2.05, 4.69) is 54.8 Å². The number of rotatable bonds is 24. The molecule has 2 aromatic carbocycles. The molecule has 38 heteroatoms. The maximum atomic E-state index is 14.6. The van der Waals surface area contributed by atoms with Crippen LogP contribution in [-0.2, 0) is 18.9 Å². The van der Waals surface area contributed by atoms with Crippen LogP contribution in [0.2, 0.25) is 15.1 Å². The van der Waals surface area contributed by atoms with Crippen LogP contribution >= 0.6 is 34.8 Å². The number of morpholine rings is 4. The van der Waals surface area contributed by atoms with Gasteiger partial charge in [0.25, 0.3) is 11.6 Å². The summed E-state index contributed by atoms with van der Waals surface area (Å²) in [6.45, 7) is 24.9. The van der Waals surface area contributed by atoms with Gasteiger partial charge in [0, 0.05) is 143 Å². The number of nitro groups is 2. The van der Waals surface area contributed by atoms with E-state index >= 15 is 0 Å². The summed E-state index contributed by atoms with van der Waals surface area (Å²) >= 11 is 18.2. The Balaban J connectivity index is 0.000000264. The Hall–Kier alpha value is -8.54. The quantitative estimate of drug-likeness (QED) is 0.0127. The first-order valence-corrected chi connectivity index (χ1v) is 38.8. The first-order valence-electron chi connectivity index (χ1n) is 37.7. The average molecular weight is 1740 g/mol. The van der Waals surface area contributed by atoms with E-state index in [1.165, 1.54) is 30.3 Å². The zero-order valence-corrected chi connectivity index (χ0v) is 71.5. The van der Waals surface area contributed by atoms with Crippen molar-refractivity contribution in [2.75, 3.05) is 169 Å². The van der Waals surface area contributed by atoms with Crippen LogP contribution in [0.1, 0.15) is 55.3 Å². The predicted molar refractivity (Wildman–Crippen MR) is 445 cm³/mol. The van der Waals surface area contributed by atoms with Gasteiger partial charge in [-0.2, -0.15) is 13.9 Å². The standard InChI is InChI=1S/C26H25ClFN5O2.C14H7Cl2FN2.C12H17N3O5.C12H19N3O2.C7H15NO2.C5H3FN2O3.C4H9O.CH4.K.H2/c27-18-4-5-21(28)20(15-18)24-16-23(19-3-1-7-30-26(19)32-24)31-22-6-8-29-17-25(22)35-12-2-9-33-10-13-34-14-11-33;15-8-3-4-12(17)10(6-8)13-7-11(16)9-2-1-5-18-14(9)19-13;16-14-4-2-11(15(17)18)12(10-14)20-7-1-3-13-5-8-19-9-6-13;13-11-2-3-14-10-12(11)17-7-1-4-15-5-8-16-9-6-15;9-5-1-2-8-3-6-10-7-4-8;6-4-3-7(9)2-1-5(4)8(10)11;1-4(2,3)5;;;/h1,3-8,15-17H,2,9-14H2,(H,29,30,31,32);1-7H;2,4,10H,1,3,5-9H2;2-3,10H,1,4-9H2,(H2,13,14);9H,1-7H2;1-3H;1-3H3;1H4;;1H/q;;;;;;-1;;+1;. The number of hydrogen-bond donors (Lipinski definition) is 3. The van der Waals surface area contributed by atoms with Gasteiger partial charge in [-0.1, -0.05) is 63.0 Å². The Morgan fingerprint density at radius 1 is 0.546 bits per heavy atom. The first kappa shape index (κ1) is 99.3. The van der Waals surface area contributed by atoms with Crippen molar-refractivity contribution in [1.29, 1.82) is 0 Å². The van der Waals surface area contributed by atoms with Crippen molar-refractivity contribution in [3.63, 3.8) is 0 Å². The Morgan fingerprint density at radius 2 is 0.958 bits per heavy atom. The molecule has 31 nitrogen and oxygen atoms in total. The zero-order chi connectivity index (χ0) is 83.9. The van der Waals surface area contributed by atoms with Crippen molar-refractivity contribution >= 4 is 85.3 Å². The number of halogens is 6. The van der Waals surface area contributed by atoms with Crippen LogP contribution in [0.15, 0.2) is 159 Å². The number of aromatic nitrogens is 8. The summed E-state index contributed by atoms with van der Waals surface area (Å²) in [5, 5.41) is 67.2. The number of aliphatic hydroxyl groups is 1. The van der Waals surface area contributed by atoms with Crippen LogP contribution in [0.25, 0.3) is 44.6 Å². The normalized spacial score (nSPS) is 14.2. The molecule has 0 saturated carbocycles. The van der Waals surface area contributed by atoms with Gasteiger partial charge in [0.15, 0.2) is 35.2 Å². The number of nitrogens with one attached hydrogen (secondary N) is 1. The van der Waals surface area contributed by atoms with Gasteiger partial charge in [0.2, 0.25) is 12.4 Å². The second kappa shape index (κ2) is 53.3. The van der Waals surface area contributed by atoms with Gasteiger partial charge in [-0.3, -0.25) is 49.8 Å². The number of pyridine rings is 8. The second-order valence-corrected chi connectivity index (χ2v) is 28.5. The molecule has 638 valence electrons. The number of nitrogen functional groups attached to an aromatic ring is 1. The topological polar surface area (TPSA) is 376 Å². The molecule has 0 atom stereocenters. The molecule has 0 aliphatic carbocycles. The number of hydrogen-bond acceptors (Lipinski definition) is 27. The number of benzene rings is 2. The molecule has 0 bridgehead atoms. The fraction of sp³-hybridized carbons (Fsp3) is 0.407. The van der Waals surface area contributed by atoms with E-state index in [0.717, 1.165) is 210 Å². The summed E-state index contributed by atoms with van der Waals surface area (Å²) < 4.78 is 79.6. The molecule has 0 amide bonds. The van der Waals surface area contributed by atoms with E-state index in [-0.39, 0.29) is 76.4 Å². The molecular weight excluding hydrogens is 1640 g/mol.